The van der Waals surface area contributed by atoms with E-state index in [1.807, 2.05) is 0 Å². The molecule has 80 valence electrons. The molecule has 3 aliphatic rings. The highest BCUT2D eigenvalue weighted by Gasteiger charge is 2.34. The summed E-state index contributed by atoms with van der Waals surface area (Å²) in [4.78, 5) is 5.24. The van der Waals surface area contributed by atoms with Crippen molar-refractivity contribution in [3.8, 4) is 0 Å². The Morgan fingerprint density at radius 2 is 1.86 bits per heavy atom. The van der Waals surface area contributed by atoms with Gasteiger partial charge in [-0.15, -0.1) is 0 Å². The van der Waals surface area contributed by atoms with E-state index in [-0.39, 0.29) is 0 Å². The smallest absolute Gasteiger partial charge is 0.0645 e. The third kappa shape index (κ3) is 1.56. The van der Waals surface area contributed by atoms with Gasteiger partial charge in [-0.05, 0) is 0 Å². The Bertz CT molecular complexity index is 208. The van der Waals surface area contributed by atoms with Crippen molar-refractivity contribution in [1.82, 2.24) is 15.1 Å². The van der Waals surface area contributed by atoms with Crippen molar-refractivity contribution in [3.63, 3.8) is 0 Å². The van der Waals surface area contributed by atoms with Crippen LogP contribution < -0.4 is 5.32 Å². The fraction of sp³-hybridized carbons (Fsp3) is 1.00. The van der Waals surface area contributed by atoms with Crippen LogP contribution in [0.1, 0.15) is 0 Å². The predicted octanol–water partition coefficient (Wildman–Crippen LogP) is -1.03. The highest BCUT2D eigenvalue weighted by atomic mass is 16.5. The lowest BCUT2D eigenvalue weighted by Gasteiger charge is -2.48. The van der Waals surface area contributed by atoms with Gasteiger partial charge in [0.2, 0.25) is 0 Å². The predicted molar refractivity (Wildman–Crippen MR) is 54.4 cm³/mol. The topological polar surface area (TPSA) is 27.7 Å². The number of piperazine rings is 2. The Morgan fingerprint density at radius 1 is 1.00 bits per heavy atom. The Balaban J connectivity index is 1.59. The first-order valence-electron chi connectivity index (χ1n) is 5.70. The van der Waals surface area contributed by atoms with Gasteiger partial charge < -0.3 is 10.1 Å². The number of ether oxygens (including phenoxy) is 1. The molecule has 0 radical (unpaired) electrons. The minimum Gasteiger partial charge on any atom is -0.378 e. The number of rotatable bonds is 1. The van der Waals surface area contributed by atoms with Gasteiger partial charge in [-0.2, -0.15) is 0 Å². The molecule has 0 aromatic carbocycles. The third-order valence-electron chi connectivity index (χ3n) is 3.73. The molecule has 1 unspecified atom stereocenters. The lowest BCUT2D eigenvalue weighted by atomic mass is 10.1. The lowest BCUT2D eigenvalue weighted by Crippen LogP contribution is -2.64. The molecule has 0 aliphatic carbocycles. The maximum absolute atomic E-state index is 5.25. The van der Waals surface area contributed by atoms with E-state index >= 15 is 0 Å². The second kappa shape index (κ2) is 3.77. The molecule has 0 bridgehead atoms. The first-order chi connectivity index (χ1) is 6.93. The molecule has 14 heavy (non-hydrogen) atoms. The largest absolute Gasteiger partial charge is 0.378 e. The summed E-state index contributed by atoms with van der Waals surface area (Å²) >= 11 is 0. The van der Waals surface area contributed by atoms with Crippen molar-refractivity contribution in [2.75, 3.05) is 52.5 Å². The van der Waals surface area contributed by atoms with Crippen LogP contribution in [0.25, 0.3) is 0 Å². The van der Waals surface area contributed by atoms with Gasteiger partial charge in [0.15, 0.2) is 0 Å². The summed E-state index contributed by atoms with van der Waals surface area (Å²) in [5, 5.41) is 3.48. The van der Waals surface area contributed by atoms with Crippen LogP contribution >= 0.6 is 0 Å². The van der Waals surface area contributed by atoms with Crippen LogP contribution in [0.5, 0.6) is 0 Å². The molecule has 3 rings (SSSR count). The molecule has 0 spiro atoms. The second-order valence-corrected chi connectivity index (χ2v) is 4.58. The van der Waals surface area contributed by atoms with Crippen LogP contribution in [-0.4, -0.2) is 74.4 Å². The molecule has 1 N–H and O–H groups in total. The zero-order chi connectivity index (χ0) is 9.38. The van der Waals surface area contributed by atoms with Gasteiger partial charge in [-0.3, -0.25) is 9.80 Å². The molecule has 3 fully saturated rings. The van der Waals surface area contributed by atoms with Crippen molar-refractivity contribution >= 4 is 0 Å². The molecule has 3 saturated heterocycles. The SMILES string of the molecule is C1CN2CCN(C3COC3)CC2CN1. The van der Waals surface area contributed by atoms with Crippen LogP contribution in [0.15, 0.2) is 0 Å². The Morgan fingerprint density at radius 3 is 2.64 bits per heavy atom. The van der Waals surface area contributed by atoms with E-state index in [0.29, 0.717) is 0 Å². The number of nitrogens with one attached hydrogen (secondary N) is 1. The maximum atomic E-state index is 5.25. The molecule has 0 saturated carbocycles. The summed E-state index contributed by atoms with van der Waals surface area (Å²) in [6, 6.07) is 1.47. The zero-order valence-corrected chi connectivity index (χ0v) is 8.61. The van der Waals surface area contributed by atoms with Gasteiger partial charge in [0, 0.05) is 45.3 Å². The molecule has 4 nitrogen and oxygen atoms in total. The van der Waals surface area contributed by atoms with Crippen LogP contribution in [0.2, 0.25) is 0 Å². The molecular weight excluding hydrogens is 178 g/mol. The van der Waals surface area contributed by atoms with Gasteiger partial charge >= 0.3 is 0 Å². The number of hydrogen-bond donors (Lipinski definition) is 1. The van der Waals surface area contributed by atoms with Crippen LogP contribution in [0.4, 0.5) is 0 Å². The Labute approximate surface area is 85.2 Å². The monoisotopic (exact) mass is 197 g/mol. The average Bonchev–Trinajstić information content (AvgIpc) is 2.15. The summed E-state index contributed by atoms with van der Waals surface area (Å²) in [7, 11) is 0. The van der Waals surface area contributed by atoms with Crippen molar-refractivity contribution in [1.29, 1.82) is 0 Å². The van der Waals surface area contributed by atoms with E-state index in [1.54, 1.807) is 0 Å². The summed E-state index contributed by atoms with van der Waals surface area (Å²) in [5.74, 6) is 0. The third-order valence-corrected chi connectivity index (χ3v) is 3.73. The van der Waals surface area contributed by atoms with Crippen LogP contribution in [-0.2, 0) is 4.74 Å². The minimum atomic E-state index is 0.721. The summed E-state index contributed by atoms with van der Waals surface area (Å²) in [5.41, 5.74) is 0. The molecule has 3 heterocycles. The lowest BCUT2D eigenvalue weighted by molar-refractivity contribution is -0.0880. The normalized spacial score (nSPS) is 36.4. The van der Waals surface area contributed by atoms with Crippen LogP contribution in [0, 0.1) is 0 Å². The number of nitrogens with zero attached hydrogens (tertiary/aromatic N) is 2. The average molecular weight is 197 g/mol. The standard InChI is InChI=1S/C10H19N3O/c1-2-12-3-4-13(10-7-14-8-10)6-9(12)5-11-1/h9-11H,1-8H2. The van der Waals surface area contributed by atoms with Crippen molar-refractivity contribution in [3.05, 3.63) is 0 Å². The molecular formula is C10H19N3O. The summed E-state index contributed by atoms with van der Waals surface area (Å²) in [6.45, 7) is 9.22. The molecule has 0 aromatic rings. The number of hydrogen-bond acceptors (Lipinski definition) is 4. The summed E-state index contributed by atoms with van der Waals surface area (Å²) in [6.07, 6.45) is 0. The van der Waals surface area contributed by atoms with Crippen LogP contribution in [0.3, 0.4) is 0 Å². The Kier molecular flexibility index (Phi) is 2.45. The van der Waals surface area contributed by atoms with E-state index in [0.717, 1.165) is 25.3 Å². The molecule has 0 amide bonds. The van der Waals surface area contributed by atoms with Crippen molar-refractivity contribution < 1.29 is 4.74 Å². The van der Waals surface area contributed by atoms with Gasteiger partial charge in [0.1, 0.15) is 0 Å². The first-order valence-corrected chi connectivity index (χ1v) is 5.70. The quantitative estimate of drug-likeness (QED) is 0.582. The second-order valence-electron chi connectivity index (χ2n) is 4.58. The van der Waals surface area contributed by atoms with E-state index < -0.39 is 0 Å². The van der Waals surface area contributed by atoms with Gasteiger partial charge in [-0.25, -0.2) is 0 Å². The fourth-order valence-corrected chi connectivity index (χ4v) is 2.66. The van der Waals surface area contributed by atoms with E-state index in [2.05, 4.69) is 15.1 Å². The molecule has 1 atom stereocenters. The van der Waals surface area contributed by atoms with Gasteiger partial charge in [-0.1, -0.05) is 0 Å². The van der Waals surface area contributed by atoms with E-state index in [4.69, 9.17) is 4.74 Å². The maximum Gasteiger partial charge on any atom is 0.0645 e. The number of fused-ring (bicyclic) bond motifs is 1. The van der Waals surface area contributed by atoms with Gasteiger partial charge in [0.25, 0.3) is 0 Å². The van der Waals surface area contributed by atoms with Crippen molar-refractivity contribution in [2.45, 2.75) is 12.1 Å². The van der Waals surface area contributed by atoms with Crippen molar-refractivity contribution in [2.24, 2.45) is 0 Å². The molecule has 3 aliphatic heterocycles. The summed E-state index contributed by atoms with van der Waals surface area (Å²) < 4.78 is 5.25. The molecule has 4 heteroatoms. The van der Waals surface area contributed by atoms with Gasteiger partial charge in [0.05, 0.1) is 19.3 Å². The van der Waals surface area contributed by atoms with E-state index in [9.17, 15) is 0 Å². The fourth-order valence-electron chi connectivity index (χ4n) is 2.66. The highest BCUT2D eigenvalue weighted by molar-refractivity contribution is 4.90. The van der Waals surface area contributed by atoms with E-state index in [1.165, 1.54) is 39.3 Å². The Hall–Kier alpha value is -0.160. The highest BCUT2D eigenvalue weighted by Crippen LogP contribution is 2.17. The minimum absolute atomic E-state index is 0.721. The molecule has 0 aromatic heterocycles. The zero-order valence-electron chi connectivity index (χ0n) is 8.61. The first kappa shape index (κ1) is 9.09.